The highest BCUT2D eigenvalue weighted by Crippen LogP contribution is 2.15. The second-order valence-electron chi connectivity index (χ2n) is 6.22. The van der Waals surface area contributed by atoms with Crippen molar-refractivity contribution in [1.82, 2.24) is 0 Å². The molecule has 0 unspecified atom stereocenters. The second kappa shape index (κ2) is 10.5. The minimum absolute atomic E-state index is 0.0999. The summed E-state index contributed by atoms with van der Waals surface area (Å²) < 4.78 is 10.6. The molecule has 0 saturated carbocycles. The van der Waals surface area contributed by atoms with Crippen molar-refractivity contribution in [2.45, 2.75) is 83.8 Å². The first-order valence-corrected chi connectivity index (χ1v) is 8.50. The van der Waals surface area contributed by atoms with Crippen LogP contribution in [0.3, 0.4) is 0 Å². The van der Waals surface area contributed by atoms with E-state index in [1.54, 1.807) is 14.0 Å². The van der Waals surface area contributed by atoms with Crippen LogP contribution in [-0.2, 0) is 19.1 Å². The monoisotopic (exact) mass is 310 g/mol. The smallest absolute Gasteiger partial charge is 0.334 e. The Labute approximate surface area is 134 Å². The zero-order chi connectivity index (χ0) is 16.4. The largest absolute Gasteiger partial charge is 0.459 e. The first kappa shape index (κ1) is 18.9. The summed E-state index contributed by atoms with van der Waals surface area (Å²) >= 11 is 0. The fraction of sp³-hybridized carbons (Fsp3) is 0.778. The standard InChI is InChI=1S/C18H30O4/c1-14-13-16(19)17(21-3)12-10-8-6-4-5-7-9-11-15(2)22-18(14)20/h13,15,17H,4-12H2,1-3H3/b14-13+/t15-,17+/m1/s1. The van der Waals surface area contributed by atoms with Gasteiger partial charge in [0, 0.05) is 12.7 Å². The molecular formula is C18H30O4. The number of hydrogen-bond acceptors (Lipinski definition) is 4. The molecule has 4 nitrogen and oxygen atoms in total. The minimum atomic E-state index is -0.451. The molecule has 0 bridgehead atoms. The molecule has 0 spiro atoms. The Morgan fingerprint density at radius 2 is 1.55 bits per heavy atom. The molecule has 0 radical (unpaired) electrons. The van der Waals surface area contributed by atoms with E-state index in [1.807, 2.05) is 6.92 Å². The topological polar surface area (TPSA) is 52.6 Å². The van der Waals surface area contributed by atoms with Crippen molar-refractivity contribution in [3.8, 4) is 0 Å². The van der Waals surface area contributed by atoms with Crippen molar-refractivity contribution >= 4 is 11.8 Å². The molecule has 0 N–H and O–H groups in total. The van der Waals surface area contributed by atoms with Gasteiger partial charge >= 0.3 is 5.97 Å². The van der Waals surface area contributed by atoms with Crippen LogP contribution >= 0.6 is 0 Å². The highest BCUT2D eigenvalue weighted by atomic mass is 16.5. The molecule has 126 valence electrons. The molecule has 0 aliphatic carbocycles. The quantitative estimate of drug-likeness (QED) is 0.688. The Kier molecular flexibility index (Phi) is 9.05. The van der Waals surface area contributed by atoms with Gasteiger partial charge in [0.2, 0.25) is 0 Å². The molecule has 0 aromatic carbocycles. The zero-order valence-corrected chi connectivity index (χ0v) is 14.2. The number of methoxy groups -OCH3 is 1. The summed E-state index contributed by atoms with van der Waals surface area (Å²) in [4.78, 5) is 24.1. The van der Waals surface area contributed by atoms with Gasteiger partial charge in [0.25, 0.3) is 0 Å². The normalized spacial score (nSPS) is 29.5. The predicted octanol–water partition coefficient (Wildman–Crippen LogP) is 3.97. The fourth-order valence-corrected chi connectivity index (χ4v) is 2.72. The maximum atomic E-state index is 12.2. The molecule has 0 aromatic heterocycles. The molecule has 1 aliphatic rings. The summed E-state index contributed by atoms with van der Waals surface area (Å²) in [6.07, 6.45) is 10.5. The summed E-state index contributed by atoms with van der Waals surface area (Å²) in [7, 11) is 1.55. The molecular weight excluding hydrogens is 280 g/mol. The van der Waals surface area contributed by atoms with Gasteiger partial charge in [-0.2, -0.15) is 0 Å². The van der Waals surface area contributed by atoms with Crippen molar-refractivity contribution in [2.75, 3.05) is 7.11 Å². The Balaban J connectivity index is 2.71. The number of ether oxygens (including phenoxy) is 2. The highest BCUT2D eigenvalue weighted by Gasteiger charge is 2.18. The van der Waals surface area contributed by atoms with Gasteiger partial charge in [-0.15, -0.1) is 0 Å². The third-order valence-corrected chi connectivity index (χ3v) is 4.17. The summed E-state index contributed by atoms with van der Waals surface area (Å²) in [6.45, 7) is 3.54. The van der Waals surface area contributed by atoms with Crippen molar-refractivity contribution in [1.29, 1.82) is 0 Å². The maximum absolute atomic E-state index is 12.2. The zero-order valence-electron chi connectivity index (χ0n) is 14.2. The van der Waals surface area contributed by atoms with Crippen LogP contribution in [0.1, 0.15) is 71.6 Å². The van der Waals surface area contributed by atoms with E-state index >= 15 is 0 Å². The van der Waals surface area contributed by atoms with Crippen molar-refractivity contribution in [2.24, 2.45) is 0 Å². The van der Waals surface area contributed by atoms with Crippen LogP contribution in [0.4, 0.5) is 0 Å². The van der Waals surface area contributed by atoms with E-state index in [4.69, 9.17) is 9.47 Å². The van der Waals surface area contributed by atoms with Crippen molar-refractivity contribution in [3.05, 3.63) is 11.6 Å². The first-order chi connectivity index (χ1) is 10.5. The van der Waals surface area contributed by atoms with E-state index in [0.717, 1.165) is 25.7 Å². The minimum Gasteiger partial charge on any atom is -0.459 e. The lowest BCUT2D eigenvalue weighted by Gasteiger charge is -2.15. The van der Waals surface area contributed by atoms with E-state index in [0.29, 0.717) is 12.0 Å². The lowest BCUT2D eigenvalue weighted by molar-refractivity contribution is -0.144. The average molecular weight is 310 g/mol. The van der Waals surface area contributed by atoms with E-state index in [-0.39, 0.29) is 11.9 Å². The molecule has 0 amide bonds. The lowest BCUT2D eigenvalue weighted by Crippen LogP contribution is -2.23. The van der Waals surface area contributed by atoms with Crippen LogP contribution in [0.5, 0.6) is 0 Å². The third-order valence-electron chi connectivity index (χ3n) is 4.17. The molecule has 2 atom stereocenters. The van der Waals surface area contributed by atoms with E-state index in [9.17, 15) is 9.59 Å². The lowest BCUT2D eigenvalue weighted by atomic mass is 10.0. The molecule has 0 fully saturated rings. The predicted molar refractivity (Wildman–Crippen MR) is 86.7 cm³/mol. The average Bonchev–Trinajstić information content (AvgIpc) is 2.48. The maximum Gasteiger partial charge on any atom is 0.334 e. The molecule has 1 aliphatic heterocycles. The molecule has 0 aromatic rings. The van der Waals surface area contributed by atoms with Gasteiger partial charge in [0.15, 0.2) is 5.78 Å². The Hall–Kier alpha value is -1.16. The molecule has 0 saturated heterocycles. The number of ketones is 1. The SMILES string of the molecule is CO[C@H]1CCCCCCCCC[C@@H](C)OC(=O)/C(C)=C/C1=O. The van der Waals surface area contributed by atoms with Gasteiger partial charge in [0.1, 0.15) is 6.10 Å². The third kappa shape index (κ3) is 7.21. The van der Waals surface area contributed by atoms with Crippen molar-refractivity contribution < 1.29 is 19.1 Å². The van der Waals surface area contributed by atoms with Crippen LogP contribution in [0.15, 0.2) is 11.6 Å². The van der Waals surface area contributed by atoms with Gasteiger partial charge < -0.3 is 9.47 Å². The van der Waals surface area contributed by atoms with Crippen LogP contribution in [0.25, 0.3) is 0 Å². The highest BCUT2D eigenvalue weighted by molar-refractivity contribution is 6.01. The van der Waals surface area contributed by atoms with Crippen LogP contribution in [-0.4, -0.2) is 31.1 Å². The summed E-state index contributed by atoms with van der Waals surface area (Å²) in [5, 5.41) is 0. The molecule has 1 heterocycles. The number of carbonyl (C=O) groups excluding carboxylic acids is 2. The molecule has 22 heavy (non-hydrogen) atoms. The molecule has 1 rings (SSSR count). The van der Waals surface area contributed by atoms with Gasteiger partial charge in [-0.3, -0.25) is 4.79 Å². The first-order valence-electron chi connectivity index (χ1n) is 8.50. The van der Waals surface area contributed by atoms with Crippen LogP contribution in [0, 0.1) is 0 Å². The van der Waals surface area contributed by atoms with Crippen LogP contribution in [0.2, 0.25) is 0 Å². The number of hydrogen-bond donors (Lipinski definition) is 0. The molecule has 4 heteroatoms. The van der Waals surface area contributed by atoms with Gasteiger partial charge in [-0.1, -0.05) is 38.5 Å². The van der Waals surface area contributed by atoms with Crippen molar-refractivity contribution in [3.63, 3.8) is 0 Å². The summed E-state index contributed by atoms with van der Waals surface area (Å²) in [5.74, 6) is -0.542. The Morgan fingerprint density at radius 3 is 2.14 bits per heavy atom. The van der Waals surface area contributed by atoms with Gasteiger partial charge in [-0.25, -0.2) is 4.79 Å². The number of carbonyl (C=O) groups is 2. The fourth-order valence-electron chi connectivity index (χ4n) is 2.72. The second-order valence-corrected chi connectivity index (χ2v) is 6.22. The van der Waals surface area contributed by atoms with E-state index in [1.165, 1.54) is 31.8 Å². The van der Waals surface area contributed by atoms with Gasteiger partial charge in [-0.05, 0) is 39.2 Å². The summed E-state index contributed by atoms with van der Waals surface area (Å²) in [6, 6.07) is 0. The Morgan fingerprint density at radius 1 is 1.00 bits per heavy atom. The van der Waals surface area contributed by atoms with Gasteiger partial charge in [0.05, 0.1) is 6.10 Å². The number of esters is 1. The number of rotatable bonds is 1. The summed E-state index contributed by atoms with van der Waals surface area (Å²) in [5.41, 5.74) is 0.353. The van der Waals surface area contributed by atoms with Crippen LogP contribution < -0.4 is 0 Å². The Bertz CT molecular complexity index is 387. The van der Waals surface area contributed by atoms with E-state index in [2.05, 4.69) is 0 Å². The van der Waals surface area contributed by atoms with E-state index < -0.39 is 12.1 Å². The number of cyclic esters (lactones) is 1.